The first-order valence-electron chi connectivity index (χ1n) is 17.9. The molecule has 0 aliphatic heterocycles. The van der Waals surface area contributed by atoms with Crippen molar-refractivity contribution < 1.29 is 0 Å². The zero-order valence-corrected chi connectivity index (χ0v) is 28.6. The molecule has 0 amide bonds. The second kappa shape index (κ2) is 13.0. The lowest BCUT2D eigenvalue weighted by atomic mass is 9.53. The molecule has 0 saturated heterocycles. The van der Waals surface area contributed by atoms with E-state index in [4.69, 9.17) is 15.0 Å². The summed E-state index contributed by atoms with van der Waals surface area (Å²) in [6, 6.07) is 41.3. The third kappa shape index (κ3) is 5.74. The molecule has 1 unspecified atom stereocenters. The van der Waals surface area contributed by atoms with Gasteiger partial charge in [0.2, 0.25) is 0 Å². The first-order valence-corrected chi connectivity index (χ1v) is 17.9. The van der Waals surface area contributed by atoms with Gasteiger partial charge in [-0.2, -0.15) is 10.5 Å². The van der Waals surface area contributed by atoms with Crippen molar-refractivity contribution in [2.24, 2.45) is 17.8 Å². The predicted octanol–water partition coefficient (Wildman–Crippen LogP) is 10.9. The van der Waals surface area contributed by atoms with E-state index >= 15 is 0 Å². The van der Waals surface area contributed by atoms with Crippen LogP contribution in [-0.2, 0) is 5.41 Å². The molecule has 1 heterocycles. The fraction of sp³-hybridized carbons (Fsp3) is 0.267. The number of fused-ring (bicyclic) bond motifs is 3. The second-order valence-electron chi connectivity index (χ2n) is 14.6. The third-order valence-corrected chi connectivity index (χ3v) is 11.2. The van der Waals surface area contributed by atoms with Gasteiger partial charge in [0.15, 0.2) is 17.5 Å². The van der Waals surface area contributed by atoms with Crippen molar-refractivity contribution in [3.8, 4) is 57.4 Å². The molecule has 244 valence electrons. The summed E-state index contributed by atoms with van der Waals surface area (Å²) in [7, 11) is 0. The Labute approximate surface area is 294 Å². The van der Waals surface area contributed by atoms with E-state index in [1.165, 1.54) is 54.9 Å². The molecule has 50 heavy (non-hydrogen) atoms. The second-order valence-corrected chi connectivity index (χ2v) is 14.6. The van der Waals surface area contributed by atoms with E-state index in [1.807, 2.05) is 54.6 Å². The Bertz CT molecular complexity index is 2310. The van der Waals surface area contributed by atoms with Crippen LogP contribution in [0.25, 0.3) is 56.1 Å². The highest BCUT2D eigenvalue weighted by atomic mass is 15.0. The lowest BCUT2D eigenvalue weighted by molar-refractivity contribution is 0.0712. The number of rotatable bonds is 6. The maximum Gasteiger partial charge on any atom is 0.165 e. The van der Waals surface area contributed by atoms with Gasteiger partial charge in [-0.3, -0.25) is 0 Å². The Hall–Kier alpha value is -5.65. The Morgan fingerprint density at radius 1 is 0.640 bits per heavy atom. The largest absolute Gasteiger partial charge is 0.208 e. The van der Waals surface area contributed by atoms with Gasteiger partial charge in [-0.15, -0.1) is 0 Å². The molecule has 2 fully saturated rings. The first-order chi connectivity index (χ1) is 24.5. The van der Waals surface area contributed by atoms with E-state index < -0.39 is 0 Å². The zero-order chi connectivity index (χ0) is 34.2. The van der Waals surface area contributed by atoms with Crippen molar-refractivity contribution in [2.45, 2.75) is 57.8 Å². The van der Waals surface area contributed by atoms with Gasteiger partial charge in [0, 0.05) is 16.7 Å². The van der Waals surface area contributed by atoms with Crippen LogP contribution in [-0.4, -0.2) is 15.0 Å². The van der Waals surface area contributed by atoms with E-state index in [-0.39, 0.29) is 5.41 Å². The van der Waals surface area contributed by atoms with Gasteiger partial charge in [0.05, 0.1) is 23.3 Å². The molecule has 2 aliphatic carbocycles. The van der Waals surface area contributed by atoms with Gasteiger partial charge in [0.1, 0.15) is 0 Å². The lowest BCUT2D eigenvalue weighted by Gasteiger charge is -2.51. The van der Waals surface area contributed by atoms with Crippen molar-refractivity contribution in [1.29, 1.82) is 10.5 Å². The first kappa shape index (κ1) is 31.6. The minimum atomic E-state index is 0.223. The summed E-state index contributed by atoms with van der Waals surface area (Å²) in [4.78, 5) is 14.5. The molecule has 5 heteroatoms. The monoisotopic (exact) mass is 649 g/mol. The highest BCUT2D eigenvalue weighted by molar-refractivity contribution is 5.99. The van der Waals surface area contributed by atoms with Crippen LogP contribution >= 0.6 is 0 Å². The minimum absolute atomic E-state index is 0.223. The van der Waals surface area contributed by atoms with Crippen LogP contribution < -0.4 is 0 Å². The predicted molar refractivity (Wildman–Crippen MR) is 200 cm³/mol. The smallest absolute Gasteiger partial charge is 0.165 e. The van der Waals surface area contributed by atoms with Crippen molar-refractivity contribution in [3.05, 3.63) is 126 Å². The van der Waals surface area contributed by atoms with E-state index in [0.717, 1.165) is 34.4 Å². The summed E-state index contributed by atoms with van der Waals surface area (Å²) < 4.78 is 0. The Kier molecular flexibility index (Phi) is 8.21. The molecule has 1 aromatic heterocycles. The van der Waals surface area contributed by atoms with Gasteiger partial charge in [-0.25, -0.2) is 15.0 Å². The molecule has 0 radical (unpaired) electrons. The van der Waals surface area contributed by atoms with Crippen molar-refractivity contribution >= 4 is 10.8 Å². The highest BCUT2D eigenvalue weighted by Crippen LogP contribution is 2.56. The molecule has 0 N–H and O–H groups in total. The fourth-order valence-corrected chi connectivity index (χ4v) is 9.22. The van der Waals surface area contributed by atoms with Gasteiger partial charge >= 0.3 is 0 Å². The maximum absolute atomic E-state index is 10.5. The summed E-state index contributed by atoms with van der Waals surface area (Å²) in [5.74, 6) is 3.72. The van der Waals surface area contributed by atoms with Crippen molar-refractivity contribution in [2.75, 3.05) is 0 Å². The van der Waals surface area contributed by atoms with Crippen LogP contribution in [0, 0.1) is 40.4 Å². The van der Waals surface area contributed by atoms with Gasteiger partial charge in [-0.1, -0.05) is 105 Å². The fourth-order valence-electron chi connectivity index (χ4n) is 9.22. The number of hydrogen-bond acceptors (Lipinski definition) is 5. The van der Waals surface area contributed by atoms with Gasteiger partial charge in [-0.05, 0) is 107 Å². The molecule has 5 aromatic carbocycles. The van der Waals surface area contributed by atoms with Crippen LogP contribution in [0.1, 0.15) is 69.1 Å². The molecule has 6 aromatic rings. The number of aromatic nitrogens is 3. The number of benzene rings is 5. The van der Waals surface area contributed by atoms with E-state index in [2.05, 4.69) is 68.5 Å². The molecule has 8 rings (SSSR count). The number of nitriles is 2. The third-order valence-electron chi connectivity index (χ3n) is 11.2. The molecule has 4 atom stereocenters. The van der Waals surface area contributed by atoms with Gasteiger partial charge < -0.3 is 0 Å². The standard InChI is InChI=1S/C45H39N5/c1-3-30-21-32-20-29(2)24-45(25-30,26-32)41-19-18-37(39-14-7-8-15-40(39)41)34-16-17-38(36(23-34)28-47)44-49-42(33-11-5-4-6-12-33)48-43(50-44)35-13-9-10-31(22-35)27-46/h4-19,22-23,29-30,32H,3,20-21,24-26H2,1-2H3/t29-,30+,32-,45?/m1/s1. The topological polar surface area (TPSA) is 86.2 Å². The normalized spacial score (nSPS) is 21.3. The van der Waals surface area contributed by atoms with E-state index in [1.54, 1.807) is 12.1 Å². The van der Waals surface area contributed by atoms with Crippen molar-refractivity contribution in [3.63, 3.8) is 0 Å². The van der Waals surface area contributed by atoms with E-state index in [9.17, 15) is 10.5 Å². The number of hydrogen-bond donors (Lipinski definition) is 0. The molecular weight excluding hydrogens is 611 g/mol. The maximum atomic E-state index is 10.5. The average molecular weight is 650 g/mol. The molecule has 0 spiro atoms. The summed E-state index contributed by atoms with van der Waals surface area (Å²) >= 11 is 0. The van der Waals surface area contributed by atoms with Crippen LogP contribution in [0.2, 0.25) is 0 Å². The number of nitrogens with zero attached hydrogens (tertiary/aromatic N) is 5. The van der Waals surface area contributed by atoms with Crippen LogP contribution in [0.5, 0.6) is 0 Å². The summed E-state index contributed by atoms with van der Waals surface area (Å²) in [6.07, 6.45) is 7.83. The van der Waals surface area contributed by atoms with Crippen molar-refractivity contribution in [1.82, 2.24) is 15.0 Å². The molecule has 2 saturated carbocycles. The van der Waals surface area contributed by atoms with E-state index in [0.29, 0.717) is 39.7 Å². The minimum Gasteiger partial charge on any atom is -0.208 e. The summed E-state index contributed by atoms with van der Waals surface area (Å²) in [5, 5.41) is 22.6. The highest BCUT2D eigenvalue weighted by Gasteiger charge is 2.46. The molecule has 5 nitrogen and oxygen atoms in total. The Morgan fingerprint density at radius 3 is 2.14 bits per heavy atom. The van der Waals surface area contributed by atoms with Gasteiger partial charge in [0.25, 0.3) is 0 Å². The zero-order valence-electron chi connectivity index (χ0n) is 28.6. The van der Waals surface area contributed by atoms with Crippen LogP contribution in [0.4, 0.5) is 0 Å². The van der Waals surface area contributed by atoms with Crippen LogP contribution in [0.3, 0.4) is 0 Å². The van der Waals surface area contributed by atoms with Crippen LogP contribution in [0.15, 0.2) is 109 Å². The molecule has 2 aliphatic rings. The lowest BCUT2D eigenvalue weighted by Crippen LogP contribution is -2.42. The average Bonchev–Trinajstić information content (AvgIpc) is 3.16. The quantitative estimate of drug-likeness (QED) is 0.179. The SMILES string of the molecule is CC[C@H]1C[C@H]2C[C@@H](C)CC(c3ccc(-c4ccc(-c5nc(-c6ccccc6)nc(-c6cccc(C#N)c6)n5)c(C#N)c4)c4ccccc34)(C2)C1. The Morgan fingerprint density at radius 2 is 1.36 bits per heavy atom. The molecule has 2 bridgehead atoms. The Balaban J connectivity index is 1.24. The molecular formula is C45H39N5. The summed E-state index contributed by atoms with van der Waals surface area (Å²) in [5.41, 5.74) is 7.08. The summed E-state index contributed by atoms with van der Waals surface area (Å²) in [6.45, 7) is 4.82.